The van der Waals surface area contributed by atoms with Crippen molar-refractivity contribution < 1.29 is 19.4 Å². The molecule has 2 rings (SSSR count). The number of aromatic nitrogens is 1. The first-order valence-electron chi connectivity index (χ1n) is 6.28. The maximum absolute atomic E-state index is 10.9. The number of carbonyl (C=O) groups is 1. The number of methoxy groups -OCH3 is 1. The van der Waals surface area contributed by atoms with Crippen molar-refractivity contribution >= 4 is 11.7 Å². The topological polar surface area (TPSA) is 71.9 Å². The van der Waals surface area contributed by atoms with E-state index >= 15 is 0 Å². The number of hydrogen-bond acceptors (Lipinski definition) is 6. The molecule has 0 spiro atoms. The minimum atomic E-state index is -1.22. The van der Waals surface area contributed by atoms with E-state index in [0.717, 1.165) is 18.8 Å². The molecule has 1 aromatic heterocycles. The normalized spacial score (nSPS) is 16.4. The average molecular weight is 266 g/mol. The van der Waals surface area contributed by atoms with Crippen molar-refractivity contribution in [1.82, 2.24) is 4.98 Å². The highest BCUT2D eigenvalue weighted by molar-refractivity contribution is 5.70. The van der Waals surface area contributed by atoms with Gasteiger partial charge in [-0.15, -0.1) is 0 Å². The highest BCUT2D eigenvalue weighted by atomic mass is 16.6. The molecule has 1 saturated heterocycles. The summed E-state index contributed by atoms with van der Waals surface area (Å²) >= 11 is 0. The summed E-state index contributed by atoms with van der Waals surface area (Å²) in [6.45, 7) is 1.73. The molecule has 0 aromatic carbocycles. The van der Waals surface area contributed by atoms with Gasteiger partial charge in [0.2, 0.25) is 0 Å². The summed E-state index contributed by atoms with van der Waals surface area (Å²) in [5.74, 6) is -0.533. The van der Waals surface area contributed by atoms with Gasteiger partial charge in [0.05, 0.1) is 12.8 Å². The fraction of sp³-hybridized carbons (Fsp3) is 0.538. The summed E-state index contributed by atoms with van der Waals surface area (Å²) < 4.78 is 9.44. The Morgan fingerprint density at radius 2 is 2.26 bits per heavy atom. The van der Waals surface area contributed by atoms with Crippen molar-refractivity contribution in [2.75, 3.05) is 31.7 Å². The SMILES string of the molecule is COC(=O)COC(O)c1cc(N2CCCC2)ccn1. The molecule has 6 nitrogen and oxygen atoms in total. The van der Waals surface area contributed by atoms with E-state index in [1.807, 2.05) is 6.07 Å². The Kier molecular flexibility index (Phi) is 4.70. The standard InChI is InChI=1S/C13H18N2O4/c1-18-12(16)9-19-13(17)11-8-10(4-5-14-11)15-6-2-3-7-15/h4-5,8,13,17H,2-3,6-7,9H2,1H3. The minimum absolute atomic E-state index is 0.298. The van der Waals surface area contributed by atoms with Crippen molar-refractivity contribution in [3.8, 4) is 0 Å². The lowest BCUT2D eigenvalue weighted by molar-refractivity contribution is -0.161. The number of aliphatic hydroxyl groups excluding tert-OH is 1. The van der Waals surface area contributed by atoms with Crippen LogP contribution in [0.3, 0.4) is 0 Å². The summed E-state index contributed by atoms with van der Waals surface area (Å²) in [5, 5.41) is 9.82. The molecule has 1 aromatic rings. The molecule has 2 heterocycles. The van der Waals surface area contributed by atoms with Gasteiger partial charge in [-0.05, 0) is 25.0 Å². The molecule has 1 unspecified atom stereocenters. The third-order valence-electron chi connectivity index (χ3n) is 3.08. The van der Waals surface area contributed by atoms with Crippen LogP contribution in [0.25, 0.3) is 0 Å². The van der Waals surface area contributed by atoms with Gasteiger partial charge in [-0.25, -0.2) is 4.79 Å². The van der Waals surface area contributed by atoms with Gasteiger partial charge in [0, 0.05) is 25.0 Å². The van der Waals surface area contributed by atoms with Crippen LogP contribution in [-0.2, 0) is 14.3 Å². The Morgan fingerprint density at radius 3 is 2.95 bits per heavy atom. The molecule has 19 heavy (non-hydrogen) atoms. The summed E-state index contributed by atoms with van der Waals surface area (Å²) in [6.07, 6.45) is 2.77. The minimum Gasteiger partial charge on any atom is -0.467 e. The molecule has 1 atom stereocenters. The predicted molar refractivity (Wildman–Crippen MR) is 68.6 cm³/mol. The van der Waals surface area contributed by atoms with Gasteiger partial charge in [-0.3, -0.25) is 4.98 Å². The molecular formula is C13H18N2O4. The molecule has 1 N–H and O–H groups in total. The summed E-state index contributed by atoms with van der Waals surface area (Å²) in [6, 6.07) is 3.69. The van der Waals surface area contributed by atoms with Crippen molar-refractivity contribution in [2.45, 2.75) is 19.1 Å². The van der Waals surface area contributed by atoms with Crippen LogP contribution in [0.4, 0.5) is 5.69 Å². The quantitative estimate of drug-likeness (QED) is 0.629. The van der Waals surface area contributed by atoms with Crippen LogP contribution < -0.4 is 4.90 Å². The summed E-state index contributed by atoms with van der Waals surface area (Å²) in [4.78, 5) is 17.2. The Morgan fingerprint density at radius 1 is 1.53 bits per heavy atom. The van der Waals surface area contributed by atoms with Crippen LogP contribution in [-0.4, -0.2) is 42.9 Å². The van der Waals surface area contributed by atoms with Crippen LogP contribution in [0.1, 0.15) is 24.8 Å². The number of hydrogen-bond donors (Lipinski definition) is 1. The highest BCUT2D eigenvalue weighted by Crippen LogP contribution is 2.22. The van der Waals surface area contributed by atoms with E-state index in [2.05, 4.69) is 14.6 Å². The van der Waals surface area contributed by atoms with E-state index < -0.39 is 12.3 Å². The van der Waals surface area contributed by atoms with Gasteiger partial charge in [-0.1, -0.05) is 0 Å². The second-order valence-corrected chi connectivity index (χ2v) is 4.37. The van der Waals surface area contributed by atoms with Crippen molar-refractivity contribution in [2.24, 2.45) is 0 Å². The molecule has 0 aliphatic carbocycles. The highest BCUT2D eigenvalue weighted by Gasteiger charge is 2.16. The van der Waals surface area contributed by atoms with Crippen LogP contribution in [0, 0.1) is 0 Å². The molecule has 1 aliphatic rings. The first kappa shape index (κ1) is 13.8. The zero-order valence-electron chi connectivity index (χ0n) is 10.9. The number of pyridine rings is 1. The van der Waals surface area contributed by atoms with Gasteiger partial charge >= 0.3 is 5.97 Å². The number of nitrogens with zero attached hydrogens (tertiary/aromatic N) is 2. The lowest BCUT2D eigenvalue weighted by atomic mass is 10.3. The third-order valence-corrected chi connectivity index (χ3v) is 3.08. The molecule has 0 saturated carbocycles. The third kappa shape index (κ3) is 3.65. The first-order valence-corrected chi connectivity index (χ1v) is 6.28. The Bertz CT molecular complexity index is 432. The van der Waals surface area contributed by atoms with Gasteiger partial charge < -0.3 is 19.5 Å². The maximum atomic E-state index is 10.9. The molecule has 6 heteroatoms. The van der Waals surface area contributed by atoms with Crippen LogP contribution >= 0.6 is 0 Å². The lowest BCUT2D eigenvalue weighted by Crippen LogP contribution is -2.19. The fourth-order valence-corrected chi connectivity index (χ4v) is 2.03. The Labute approximate surface area is 112 Å². The van der Waals surface area contributed by atoms with E-state index in [1.54, 1.807) is 12.3 Å². The van der Waals surface area contributed by atoms with E-state index in [4.69, 9.17) is 4.74 Å². The van der Waals surface area contributed by atoms with Crippen molar-refractivity contribution in [1.29, 1.82) is 0 Å². The van der Waals surface area contributed by atoms with Crippen LogP contribution in [0.15, 0.2) is 18.3 Å². The molecule has 0 amide bonds. The van der Waals surface area contributed by atoms with Crippen LogP contribution in [0.5, 0.6) is 0 Å². The van der Waals surface area contributed by atoms with Crippen molar-refractivity contribution in [3.63, 3.8) is 0 Å². The molecule has 0 radical (unpaired) electrons. The van der Waals surface area contributed by atoms with Gasteiger partial charge in [0.15, 0.2) is 6.29 Å². The van der Waals surface area contributed by atoms with Gasteiger partial charge in [-0.2, -0.15) is 0 Å². The smallest absolute Gasteiger partial charge is 0.331 e. The Balaban J connectivity index is 1.99. The second kappa shape index (κ2) is 6.49. The molecule has 0 bridgehead atoms. The molecular weight excluding hydrogens is 248 g/mol. The average Bonchev–Trinajstić information content (AvgIpc) is 2.98. The van der Waals surface area contributed by atoms with E-state index in [0.29, 0.717) is 5.69 Å². The molecule has 1 fully saturated rings. The number of anilines is 1. The first-order chi connectivity index (χ1) is 9.20. The zero-order valence-corrected chi connectivity index (χ0v) is 10.9. The monoisotopic (exact) mass is 266 g/mol. The van der Waals surface area contributed by atoms with Gasteiger partial charge in [0.25, 0.3) is 0 Å². The van der Waals surface area contributed by atoms with E-state index in [9.17, 15) is 9.90 Å². The number of ether oxygens (including phenoxy) is 2. The zero-order chi connectivity index (χ0) is 13.7. The van der Waals surface area contributed by atoms with Crippen LogP contribution in [0.2, 0.25) is 0 Å². The number of rotatable bonds is 5. The molecule has 1 aliphatic heterocycles. The molecule has 104 valence electrons. The van der Waals surface area contributed by atoms with E-state index in [-0.39, 0.29) is 6.61 Å². The van der Waals surface area contributed by atoms with Gasteiger partial charge in [0.1, 0.15) is 6.61 Å². The predicted octanol–water partition coefficient (Wildman–Crippen LogP) is 0.862. The fourth-order valence-electron chi connectivity index (χ4n) is 2.03. The number of aliphatic hydroxyl groups is 1. The largest absolute Gasteiger partial charge is 0.467 e. The van der Waals surface area contributed by atoms with Crippen molar-refractivity contribution in [3.05, 3.63) is 24.0 Å². The second-order valence-electron chi connectivity index (χ2n) is 4.37. The Hall–Kier alpha value is -1.66. The van der Waals surface area contributed by atoms with E-state index in [1.165, 1.54) is 20.0 Å². The lowest BCUT2D eigenvalue weighted by Gasteiger charge is -2.19. The maximum Gasteiger partial charge on any atom is 0.331 e. The number of esters is 1. The summed E-state index contributed by atoms with van der Waals surface area (Å²) in [5.41, 5.74) is 1.41. The number of carbonyl (C=O) groups excluding carboxylic acids is 1. The summed E-state index contributed by atoms with van der Waals surface area (Å²) in [7, 11) is 1.27.